The number of phosphoric ester groups is 1. The summed E-state index contributed by atoms with van der Waals surface area (Å²) in [5.74, 6) is -0.199. The molecule has 0 aliphatic heterocycles. The summed E-state index contributed by atoms with van der Waals surface area (Å²) in [5.41, 5.74) is 0. The van der Waals surface area contributed by atoms with Gasteiger partial charge in [-0.2, -0.15) is 0 Å². The lowest BCUT2D eigenvalue weighted by molar-refractivity contribution is -0.870. The molecule has 0 rings (SSSR count). The van der Waals surface area contributed by atoms with Crippen LogP contribution in [-0.2, 0) is 18.4 Å². The molecule has 0 radical (unpaired) electrons. The molecule has 8 nitrogen and oxygen atoms in total. The van der Waals surface area contributed by atoms with E-state index in [0.29, 0.717) is 17.4 Å². The molecule has 0 aliphatic rings. The number of amides is 1. The van der Waals surface area contributed by atoms with E-state index in [4.69, 9.17) is 9.05 Å². The van der Waals surface area contributed by atoms with E-state index in [1.807, 2.05) is 27.2 Å². The van der Waals surface area contributed by atoms with Crippen LogP contribution in [0, 0.1) is 0 Å². The molecule has 0 aromatic heterocycles. The van der Waals surface area contributed by atoms with Crippen molar-refractivity contribution in [2.24, 2.45) is 0 Å². The quantitative estimate of drug-likeness (QED) is 0.0272. The van der Waals surface area contributed by atoms with Crippen LogP contribution in [0.25, 0.3) is 0 Å². The Hall–Kier alpha value is -1.02. The first-order chi connectivity index (χ1) is 39.0. The normalized spacial score (nSPS) is 13.7. The molecule has 1 amide bonds. The summed E-state index contributed by atoms with van der Waals surface area (Å²) in [5, 5.41) is 13.9. The number of aliphatic hydroxyl groups excluding tert-OH is 1. The number of likely N-dealkylation sites (N-methyl/N-ethyl adjacent to an activating group) is 1. The van der Waals surface area contributed by atoms with E-state index in [1.165, 1.54) is 315 Å². The number of hydrogen-bond donors (Lipinski definition) is 2. The Morgan fingerprint density at radius 2 is 0.700 bits per heavy atom. The summed E-state index contributed by atoms with van der Waals surface area (Å²) in [6.07, 6.45) is 81.9. The van der Waals surface area contributed by atoms with Crippen molar-refractivity contribution in [3.8, 4) is 0 Å². The van der Waals surface area contributed by atoms with Gasteiger partial charge in [-0.25, -0.2) is 0 Å². The van der Waals surface area contributed by atoms with Gasteiger partial charge in [-0.05, 0) is 32.1 Å². The molecular formula is C71H141N2O6P. The number of aliphatic hydroxyl groups is 1. The van der Waals surface area contributed by atoms with Gasteiger partial charge in [0.25, 0.3) is 7.82 Å². The first-order valence-corrected chi connectivity index (χ1v) is 37.2. The highest BCUT2D eigenvalue weighted by molar-refractivity contribution is 7.45. The number of rotatable bonds is 67. The van der Waals surface area contributed by atoms with E-state index in [-0.39, 0.29) is 19.1 Å². The maximum atomic E-state index is 13.0. The van der Waals surface area contributed by atoms with E-state index in [0.717, 1.165) is 38.5 Å². The molecule has 80 heavy (non-hydrogen) atoms. The van der Waals surface area contributed by atoms with Crippen LogP contribution in [0.1, 0.15) is 373 Å². The average Bonchev–Trinajstić information content (AvgIpc) is 3.42. The minimum atomic E-state index is -4.61. The topological polar surface area (TPSA) is 108 Å². The molecule has 0 spiro atoms. The van der Waals surface area contributed by atoms with Crippen molar-refractivity contribution in [3.05, 3.63) is 24.3 Å². The second-order valence-electron chi connectivity index (χ2n) is 25.9. The van der Waals surface area contributed by atoms with Crippen molar-refractivity contribution in [3.63, 3.8) is 0 Å². The zero-order chi connectivity index (χ0) is 58.4. The first kappa shape index (κ1) is 79.0. The van der Waals surface area contributed by atoms with Crippen LogP contribution in [0.3, 0.4) is 0 Å². The third-order valence-electron chi connectivity index (χ3n) is 16.7. The predicted octanol–water partition coefficient (Wildman–Crippen LogP) is 22.0. The van der Waals surface area contributed by atoms with Crippen LogP contribution < -0.4 is 10.2 Å². The Kier molecular flexibility index (Phi) is 61.7. The fraction of sp³-hybridized carbons (Fsp3) is 0.930. The lowest BCUT2D eigenvalue weighted by atomic mass is 10.0. The van der Waals surface area contributed by atoms with Crippen molar-refractivity contribution >= 4 is 13.7 Å². The highest BCUT2D eigenvalue weighted by atomic mass is 31.2. The average molecular weight is 1150 g/mol. The minimum Gasteiger partial charge on any atom is -0.756 e. The molecule has 0 saturated heterocycles. The zero-order valence-corrected chi connectivity index (χ0v) is 55.5. The van der Waals surface area contributed by atoms with E-state index in [9.17, 15) is 19.4 Å². The van der Waals surface area contributed by atoms with E-state index < -0.39 is 20.0 Å². The number of quaternary nitrogens is 1. The lowest BCUT2D eigenvalue weighted by Crippen LogP contribution is -2.45. The van der Waals surface area contributed by atoms with Crippen LogP contribution in [0.15, 0.2) is 24.3 Å². The van der Waals surface area contributed by atoms with Crippen LogP contribution in [-0.4, -0.2) is 68.5 Å². The van der Waals surface area contributed by atoms with Crippen LogP contribution in [0.5, 0.6) is 0 Å². The van der Waals surface area contributed by atoms with Crippen LogP contribution >= 0.6 is 7.82 Å². The van der Waals surface area contributed by atoms with Gasteiger partial charge in [0.1, 0.15) is 13.2 Å². The molecule has 0 heterocycles. The zero-order valence-electron chi connectivity index (χ0n) is 54.6. The molecule has 0 saturated carbocycles. The van der Waals surface area contributed by atoms with Gasteiger partial charge in [0.2, 0.25) is 5.91 Å². The second kappa shape index (κ2) is 62.5. The maximum Gasteiger partial charge on any atom is 0.268 e. The van der Waals surface area contributed by atoms with Crippen molar-refractivity contribution in [1.29, 1.82) is 0 Å². The monoisotopic (exact) mass is 1150 g/mol. The number of carbonyl (C=O) groups excluding carboxylic acids is 1. The highest BCUT2D eigenvalue weighted by Gasteiger charge is 2.23. The molecule has 9 heteroatoms. The number of nitrogens with one attached hydrogen (secondary N) is 1. The first-order valence-electron chi connectivity index (χ1n) is 35.7. The number of carbonyl (C=O) groups is 1. The van der Waals surface area contributed by atoms with Crippen molar-refractivity contribution in [1.82, 2.24) is 5.32 Å². The van der Waals surface area contributed by atoms with Gasteiger partial charge in [-0.1, -0.05) is 359 Å². The van der Waals surface area contributed by atoms with E-state index in [1.54, 1.807) is 6.08 Å². The summed E-state index contributed by atoms with van der Waals surface area (Å²) in [6, 6.07) is -0.901. The predicted molar refractivity (Wildman–Crippen MR) is 349 cm³/mol. The Balaban J connectivity index is 3.93. The van der Waals surface area contributed by atoms with Crippen molar-refractivity contribution in [2.45, 2.75) is 386 Å². The van der Waals surface area contributed by atoms with Crippen LogP contribution in [0.4, 0.5) is 0 Å². The van der Waals surface area contributed by atoms with Gasteiger partial charge in [-0.3, -0.25) is 9.36 Å². The molecule has 3 unspecified atom stereocenters. The van der Waals surface area contributed by atoms with Gasteiger partial charge in [0.15, 0.2) is 0 Å². The van der Waals surface area contributed by atoms with Gasteiger partial charge in [-0.15, -0.1) is 0 Å². The summed E-state index contributed by atoms with van der Waals surface area (Å²) >= 11 is 0. The van der Waals surface area contributed by atoms with Gasteiger partial charge in [0, 0.05) is 6.42 Å². The number of phosphoric acid groups is 1. The maximum absolute atomic E-state index is 13.0. The molecule has 0 bridgehead atoms. The lowest BCUT2D eigenvalue weighted by Gasteiger charge is -2.29. The minimum absolute atomic E-state index is 0.00351. The van der Waals surface area contributed by atoms with E-state index >= 15 is 0 Å². The van der Waals surface area contributed by atoms with Gasteiger partial charge >= 0.3 is 0 Å². The summed E-state index contributed by atoms with van der Waals surface area (Å²) in [6.45, 7) is 4.69. The molecule has 476 valence electrons. The van der Waals surface area contributed by atoms with Gasteiger partial charge < -0.3 is 28.8 Å². The molecular weight excluding hydrogens is 1010 g/mol. The molecule has 0 aromatic carbocycles. The molecule has 0 fully saturated rings. The Bertz CT molecular complexity index is 1350. The third-order valence-corrected chi connectivity index (χ3v) is 17.6. The SMILES string of the molecule is CCCCCCCCCCCCCCCC/C=C/CC/C=C/C(O)C(COP(=O)([O-])OCC[N+](C)(C)C)NC(=O)CCCCCCCCCCCCCCCCCCCCCCCCCCCCCCCCCCCCCCCC. The summed E-state index contributed by atoms with van der Waals surface area (Å²) in [7, 11) is 1.26. The Labute approximate surface area is 500 Å². The standard InChI is InChI=1S/C71H141N2O6P/c1-6-8-10-12-14-16-18-20-22-24-26-28-29-30-31-32-33-34-35-36-37-38-39-40-41-42-43-44-45-47-49-51-53-55-57-59-61-63-65-71(75)72-69(68-79-80(76,77)78-67-66-73(3,4)5)70(74)64-62-60-58-56-54-52-50-48-46-27-25-23-21-19-17-15-13-11-9-7-2/h54,56,62,64,69-70,74H,6-53,55,57-61,63,65-68H2,1-5H3,(H-,72,75,76,77)/b56-54+,64-62+. The number of allylic oxidation sites excluding steroid dienone is 3. The number of hydrogen-bond acceptors (Lipinski definition) is 6. The number of unbranched alkanes of at least 4 members (excludes halogenated alkanes) is 52. The molecule has 3 atom stereocenters. The largest absolute Gasteiger partial charge is 0.756 e. The van der Waals surface area contributed by atoms with Crippen molar-refractivity contribution in [2.75, 3.05) is 40.9 Å². The Morgan fingerprint density at radius 3 is 1.01 bits per heavy atom. The molecule has 2 N–H and O–H groups in total. The summed E-state index contributed by atoms with van der Waals surface area (Å²) in [4.78, 5) is 25.6. The van der Waals surface area contributed by atoms with Crippen molar-refractivity contribution < 1.29 is 32.9 Å². The number of nitrogens with zero attached hydrogens (tertiary/aromatic N) is 1. The summed E-state index contributed by atoms with van der Waals surface area (Å²) < 4.78 is 23.4. The van der Waals surface area contributed by atoms with Gasteiger partial charge in [0.05, 0.1) is 39.9 Å². The molecule has 0 aromatic rings. The third kappa shape index (κ3) is 64.5. The smallest absolute Gasteiger partial charge is 0.268 e. The fourth-order valence-electron chi connectivity index (χ4n) is 11.1. The fourth-order valence-corrected chi connectivity index (χ4v) is 11.8. The van der Waals surface area contributed by atoms with Crippen LogP contribution in [0.2, 0.25) is 0 Å². The Morgan fingerprint density at radius 1 is 0.425 bits per heavy atom. The highest BCUT2D eigenvalue weighted by Crippen LogP contribution is 2.38. The second-order valence-corrected chi connectivity index (χ2v) is 27.4. The molecule has 0 aliphatic carbocycles. The van der Waals surface area contributed by atoms with E-state index in [2.05, 4.69) is 31.3 Å².